The summed E-state index contributed by atoms with van der Waals surface area (Å²) in [5, 5.41) is 12.8. The van der Waals surface area contributed by atoms with Gasteiger partial charge in [0.15, 0.2) is 0 Å². The van der Waals surface area contributed by atoms with E-state index in [0.717, 1.165) is 6.54 Å². The molecule has 136 valence electrons. The molecule has 7 nitrogen and oxygen atoms in total. The van der Waals surface area contributed by atoms with E-state index >= 15 is 0 Å². The Balaban J connectivity index is 0.00000243. The van der Waals surface area contributed by atoms with Crippen LogP contribution in [-0.2, 0) is 6.54 Å². The molecule has 3 rings (SSSR count). The molecule has 0 aliphatic rings. The molecule has 0 saturated heterocycles. The number of amides is 1. The van der Waals surface area contributed by atoms with Crippen molar-refractivity contribution in [2.45, 2.75) is 6.54 Å². The second-order valence-electron chi connectivity index (χ2n) is 5.49. The maximum Gasteiger partial charge on any atom is 0.277 e. The Hall–Kier alpha value is -2.90. The molecule has 0 saturated carbocycles. The lowest BCUT2D eigenvalue weighted by Crippen LogP contribution is -3.00. The summed E-state index contributed by atoms with van der Waals surface area (Å²) in [4.78, 5) is 11.8. The van der Waals surface area contributed by atoms with Crippen LogP contribution in [0, 0.1) is 0 Å². The molecule has 1 aromatic heterocycles. The van der Waals surface area contributed by atoms with Crippen LogP contribution in [0.2, 0.25) is 0 Å². The number of benzene rings is 2. The summed E-state index contributed by atoms with van der Waals surface area (Å²) < 4.78 is 4.39. The zero-order valence-electron chi connectivity index (χ0n) is 14.0. The molecule has 26 heavy (non-hydrogen) atoms. The second-order valence-corrected chi connectivity index (χ2v) is 5.49. The minimum Gasteiger partial charge on any atom is -1.00 e. The standard InChI is InChI=1S/C18H19N5O2.ClH/c19-17-16(22-25-23-17)18(24)21-11-10-20-12-13-6-8-15(9-7-13)14-4-2-1-3-5-14;/h1-9,20H,10-12H2,(H2,19,23)(H,21,24);1H/p-1. The molecule has 1 amide bonds. The normalized spacial score (nSPS) is 10.2. The summed E-state index contributed by atoms with van der Waals surface area (Å²) in [5.74, 6) is -0.406. The highest BCUT2D eigenvalue weighted by molar-refractivity contribution is 5.95. The van der Waals surface area contributed by atoms with Crippen molar-refractivity contribution >= 4 is 11.7 Å². The van der Waals surface area contributed by atoms with Gasteiger partial charge in [0.25, 0.3) is 5.91 Å². The van der Waals surface area contributed by atoms with E-state index < -0.39 is 5.91 Å². The summed E-state index contributed by atoms with van der Waals surface area (Å²) in [6, 6.07) is 18.6. The first-order chi connectivity index (χ1) is 12.2. The monoisotopic (exact) mass is 372 g/mol. The third-order valence-electron chi connectivity index (χ3n) is 3.71. The fourth-order valence-corrected chi connectivity index (χ4v) is 2.38. The molecule has 2 aromatic carbocycles. The van der Waals surface area contributed by atoms with E-state index in [4.69, 9.17) is 5.73 Å². The van der Waals surface area contributed by atoms with Gasteiger partial charge in [-0.2, -0.15) is 0 Å². The topological polar surface area (TPSA) is 106 Å². The van der Waals surface area contributed by atoms with Crippen LogP contribution in [0.15, 0.2) is 59.2 Å². The van der Waals surface area contributed by atoms with E-state index in [1.165, 1.54) is 16.7 Å². The maximum atomic E-state index is 11.8. The summed E-state index contributed by atoms with van der Waals surface area (Å²) in [6.07, 6.45) is 0. The number of hydrogen-bond donors (Lipinski definition) is 3. The van der Waals surface area contributed by atoms with Crippen molar-refractivity contribution in [1.29, 1.82) is 0 Å². The van der Waals surface area contributed by atoms with Crippen LogP contribution in [0.4, 0.5) is 5.82 Å². The minimum absolute atomic E-state index is 0. The van der Waals surface area contributed by atoms with E-state index in [2.05, 4.69) is 62.0 Å². The van der Waals surface area contributed by atoms with Crippen molar-refractivity contribution in [3.8, 4) is 11.1 Å². The first kappa shape index (κ1) is 19.4. The molecule has 0 unspecified atom stereocenters. The number of nitrogen functional groups attached to an aromatic ring is 1. The van der Waals surface area contributed by atoms with Crippen molar-refractivity contribution in [1.82, 2.24) is 20.9 Å². The lowest BCUT2D eigenvalue weighted by molar-refractivity contribution is -0.0000139. The van der Waals surface area contributed by atoms with Crippen molar-refractivity contribution < 1.29 is 21.8 Å². The summed E-state index contributed by atoms with van der Waals surface area (Å²) in [5.41, 5.74) is 9.04. The van der Waals surface area contributed by atoms with E-state index in [-0.39, 0.29) is 23.9 Å². The molecular weight excluding hydrogens is 354 g/mol. The molecule has 4 N–H and O–H groups in total. The number of halogens is 1. The Morgan fingerprint density at radius 1 is 0.962 bits per heavy atom. The van der Waals surface area contributed by atoms with Gasteiger partial charge in [0, 0.05) is 19.6 Å². The fourth-order valence-electron chi connectivity index (χ4n) is 2.38. The van der Waals surface area contributed by atoms with Crippen molar-refractivity contribution in [3.05, 3.63) is 65.9 Å². The van der Waals surface area contributed by atoms with Gasteiger partial charge in [-0.3, -0.25) is 4.79 Å². The van der Waals surface area contributed by atoms with Crippen LogP contribution in [0.1, 0.15) is 16.1 Å². The van der Waals surface area contributed by atoms with Crippen LogP contribution in [0.5, 0.6) is 0 Å². The van der Waals surface area contributed by atoms with Crippen molar-refractivity contribution in [2.75, 3.05) is 18.8 Å². The highest BCUT2D eigenvalue weighted by Crippen LogP contribution is 2.19. The Morgan fingerprint density at radius 2 is 1.65 bits per heavy atom. The lowest BCUT2D eigenvalue weighted by Gasteiger charge is -2.07. The summed E-state index contributed by atoms with van der Waals surface area (Å²) >= 11 is 0. The van der Waals surface area contributed by atoms with Crippen LogP contribution in [0.3, 0.4) is 0 Å². The lowest BCUT2D eigenvalue weighted by atomic mass is 10.0. The molecule has 1 heterocycles. The predicted molar refractivity (Wildman–Crippen MR) is 94.6 cm³/mol. The fraction of sp³-hybridized carbons (Fsp3) is 0.167. The zero-order chi connectivity index (χ0) is 17.5. The van der Waals surface area contributed by atoms with Crippen molar-refractivity contribution in [3.63, 3.8) is 0 Å². The largest absolute Gasteiger partial charge is 1.00 e. The number of nitrogens with two attached hydrogens (primary N) is 1. The van der Waals surface area contributed by atoms with Gasteiger partial charge in [-0.1, -0.05) is 54.6 Å². The van der Waals surface area contributed by atoms with E-state index in [1.807, 2.05) is 18.2 Å². The van der Waals surface area contributed by atoms with Crippen LogP contribution in [-0.4, -0.2) is 29.3 Å². The van der Waals surface area contributed by atoms with Gasteiger partial charge in [0.2, 0.25) is 11.5 Å². The highest BCUT2D eigenvalue weighted by atomic mass is 35.5. The summed E-state index contributed by atoms with van der Waals surface area (Å²) in [6.45, 7) is 1.79. The minimum atomic E-state index is -0.396. The SMILES string of the molecule is Nc1nonc1C(=O)NCCNCc1ccc(-c2ccccc2)cc1.[Cl-]. The number of carbonyl (C=O) groups excluding carboxylic acids is 1. The van der Waals surface area contributed by atoms with Gasteiger partial charge in [0.05, 0.1) is 0 Å². The maximum absolute atomic E-state index is 11.8. The average Bonchev–Trinajstić information content (AvgIpc) is 3.09. The Kier molecular flexibility index (Phi) is 7.13. The number of anilines is 1. The molecule has 0 aliphatic heterocycles. The Morgan fingerprint density at radius 3 is 2.31 bits per heavy atom. The average molecular weight is 373 g/mol. The van der Waals surface area contributed by atoms with Gasteiger partial charge < -0.3 is 28.8 Å². The number of hydrogen-bond acceptors (Lipinski definition) is 6. The molecular formula is C18H19ClN5O2-. The van der Waals surface area contributed by atoms with E-state index in [1.54, 1.807) is 0 Å². The van der Waals surface area contributed by atoms with Gasteiger partial charge in [-0.05, 0) is 27.0 Å². The van der Waals surface area contributed by atoms with E-state index in [0.29, 0.717) is 13.1 Å². The predicted octanol–water partition coefficient (Wildman–Crippen LogP) is -1.16. The van der Waals surface area contributed by atoms with Crippen LogP contribution in [0.25, 0.3) is 11.1 Å². The summed E-state index contributed by atoms with van der Waals surface area (Å²) in [7, 11) is 0. The van der Waals surface area contributed by atoms with E-state index in [9.17, 15) is 4.79 Å². The highest BCUT2D eigenvalue weighted by Gasteiger charge is 2.14. The second kappa shape index (κ2) is 9.55. The first-order valence-electron chi connectivity index (χ1n) is 7.95. The molecule has 0 atom stereocenters. The van der Waals surface area contributed by atoms with Crippen molar-refractivity contribution in [2.24, 2.45) is 0 Å². The molecule has 0 fully saturated rings. The van der Waals surface area contributed by atoms with Gasteiger partial charge in [0.1, 0.15) is 0 Å². The van der Waals surface area contributed by atoms with Crippen LogP contribution < -0.4 is 28.8 Å². The number of nitrogens with zero attached hydrogens (tertiary/aromatic N) is 2. The molecule has 0 spiro atoms. The van der Waals surface area contributed by atoms with Gasteiger partial charge in [-0.25, -0.2) is 4.63 Å². The van der Waals surface area contributed by atoms with Gasteiger partial charge in [-0.15, -0.1) is 0 Å². The molecule has 0 aliphatic carbocycles. The quantitative estimate of drug-likeness (QED) is 0.452. The smallest absolute Gasteiger partial charge is 0.277 e. The number of aromatic nitrogens is 2. The third-order valence-corrected chi connectivity index (χ3v) is 3.71. The number of nitrogens with one attached hydrogen (secondary N) is 2. The third kappa shape index (κ3) is 5.05. The Bertz CT molecular complexity index is 821. The molecule has 3 aromatic rings. The Labute approximate surface area is 157 Å². The number of rotatable bonds is 7. The first-order valence-corrected chi connectivity index (χ1v) is 7.95. The molecule has 0 radical (unpaired) electrons. The zero-order valence-corrected chi connectivity index (χ0v) is 14.7. The molecule has 0 bridgehead atoms. The van der Waals surface area contributed by atoms with Gasteiger partial charge >= 0.3 is 0 Å². The van der Waals surface area contributed by atoms with Crippen LogP contribution >= 0.6 is 0 Å². The number of carbonyl (C=O) groups is 1. The molecule has 8 heteroatoms.